The Balaban J connectivity index is 1.77. The van der Waals surface area contributed by atoms with E-state index < -0.39 is 6.10 Å². The predicted molar refractivity (Wildman–Crippen MR) is 77.8 cm³/mol. The molecular weight excluding hydrogens is 268 g/mol. The molecule has 0 aliphatic heterocycles. The maximum Gasteiger partial charge on any atom is 0.137 e. The highest BCUT2D eigenvalue weighted by Crippen LogP contribution is 2.17. The minimum Gasteiger partial charge on any atom is -0.489 e. The standard InChI is InChI=1S/C16H18N2O3/c1-12(15-7-4-8-20-15)18-10-14(19)11-21-16-6-3-2-5-13(16)9-17/h2-8,12,14,18-19H,10-11H2,1H3. The maximum atomic E-state index is 9.92. The number of hydrogen-bond acceptors (Lipinski definition) is 5. The summed E-state index contributed by atoms with van der Waals surface area (Å²) in [4.78, 5) is 0. The van der Waals surface area contributed by atoms with Crippen LogP contribution in [-0.2, 0) is 0 Å². The number of rotatable bonds is 7. The van der Waals surface area contributed by atoms with Crippen LogP contribution in [0.2, 0.25) is 0 Å². The molecule has 0 saturated carbocycles. The smallest absolute Gasteiger partial charge is 0.137 e. The lowest BCUT2D eigenvalue weighted by molar-refractivity contribution is 0.103. The number of aliphatic hydroxyl groups is 1. The summed E-state index contributed by atoms with van der Waals surface area (Å²) in [5.41, 5.74) is 0.460. The summed E-state index contributed by atoms with van der Waals surface area (Å²) in [6, 6.07) is 12.7. The summed E-state index contributed by atoms with van der Waals surface area (Å²) in [6.07, 6.45) is 0.945. The molecule has 0 radical (unpaired) electrons. The molecule has 21 heavy (non-hydrogen) atoms. The number of benzene rings is 1. The number of nitrogens with one attached hydrogen (secondary N) is 1. The van der Waals surface area contributed by atoms with E-state index in [1.807, 2.05) is 19.1 Å². The average Bonchev–Trinajstić information content (AvgIpc) is 3.05. The number of para-hydroxylation sites is 1. The Labute approximate surface area is 123 Å². The van der Waals surface area contributed by atoms with Crippen LogP contribution in [0.25, 0.3) is 0 Å². The molecule has 0 spiro atoms. The van der Waals surface area contributed by atoms with Crippen LogP contribution < -0.4 is 10.1 Å². The SMILES string of the molecule is CC(NCC(O)COc1ccccc1C#N)c1ccco1. The monoisotopic (exact) mass is 286 g/mol. The lowest BCUT2D eigenvalue weighted by atomic mass is 10.2. The van der Waals surface area contributed by atoms with Crippen molar-refractivity contribution in [1.82, 2.24) is 5.32 Å². The van der Waals surface area contributed by atoms with Gasteiger partial charge in [0.25, 0.3) is 0 Å². The molecule has 0 bridgehead atoms. The van der Waals surface area contributed by atoms with Crippen LogP contribution in [0.4, 0.5) is 0 Å². The van der Waals surface area contributed by atoms with Gasteiger partial charge in [-0.2, -0.15) is 5.26 Å². The zero-order chi connectivity index (χ0) is 15.1. The van der Waals surface area contributed by atoms with Crippen molar-refractivity contribution in [2.75, 3.05) is 13.2 Å². The van der Waals surface area contributed by atoms with E-state index in [2.05, 4.69) is 11.4 Å². The molecule has 0 fully saturated rings. The first-order chi connectivity index (χ1) is 10.2. The lowest BCUT2D eigenvalue weighted by Crippen LogP contribution is -2.33. The number of nitrogens with zero attached hydrogens (tertiary/aromatic N) is 1. The summed E-state index contributed by atoms with van der Waals surface area (Å²) in [6.45, 7) is 2.45. The zero-order valence-electron chi connectivity index (χ0n) is 11.8. The van der Waals surface area contributed by atoms with Crippen molar-refractivity contribution in [1.29, 1.82) is 5.26 Å². The molecule has 0 amide bonds. The van der Waals surface area contributed by atoms with Crippen LogP contribution in [0.1, 0.15) is 24.3 Å². The molecule has 0 aliphatic carbocycles. The molecule has 2 rings (SSSR count). The lowest BCUT2D eigenvalue weighted by Gasteiger charge is -2.16. The molecule has 1 aromatic heterocycles. The normalized spacial score (nSPS) is 13.4. The minimum atomic E-state index is -0.672. The van der Waals surface area contributed by atoms with Gasteiger partial charge in [-0.25, -0.2) is 0 Å². The number of aliphatic hydroxyl groups excluding tert-OH is 1. The second-order valence-corrected chi connectivity index (χ2v) is 4.72. The third-order valence-electron chi connectivity index (χ3n) is 3.07. The molecule has 1 aromatic carbocycles. The number of nitriles is 1. The molecule has 2 N–H and O–H groups in total. The van der Waals surface area contributed by atoms with Gasteiger partial charge in [0.2, 0.25) is 0 Å². The summed E-state index contributed by atoms with van der Waals surface area (Å²) >= 11 is 0. The number of ether oxygens (including phenoxy) is 1. The third kappa shape index (κ3) is 4.35. The van der Waals surface area contributed by atoms with Gasteiger partial charge in [0.15, 0.2) is 0 Å². The Morgan fingerprint density at radius 3 is 2.86 bits per heavy atom. The first-order valence-corrected chi connectivity index (χ1v) is 6.77. The molecule has 5 nitrogen and oxygen atoms in total. The topological polar surface area (TPSA) is 78.4 Å². The van der Waals surface area contributed by atoms with Gasteiger partial charge in [0.05, 0.1) is 17.9 Å². The van der Waals surface area contributed by atoms with Crippen molar-refractivity contribution in [2.24, 2.45) is 0 Å². The molecule has 2 atom stereocenters. The summed E-state index contributed by atoms with van der Waals surface area (Å²) in [5.74, 6) is 1.30. The van der Waals surface area contributed by atoms with Crippen LogP contribution in [0, 0.1) is 11.3 Å². The van der Waals surface area contributed by atoms with Gasteiger partial charge in [0, 0.05) is 6.54 Å². The van der Waals surface area contributed by atoms with Crippen LogP contribution in [0.5, 0.6) is 5.75 Å². The highest BCUT2D eigenvalue weighted by Gasteiger charge is 2.12. The minimum absolute atomic E-state index is 0.0149. The van der Waals surface area contributed by atoms with Crippen LogP contribution in [0.3, 0.4) is 0 Å². The van der Waals surface area contributed by atoms with E-state index in [1.165, 1.54) is 0 Å². The Morgan fingerprint density at radius 1 is 1.33 bits per heavy atom. The average molecular weight is 286 g/mol. The van der Waals surface area contributed by atoms with Crippen LogP contribution >= 0.6 is 0 Å². The summed E-state index contributed by atoms with van der Waals surface area (Å²) in [7, 11) is 0. The molecule has 5 heteroatoms. The fourth-order valence-electron chi connectivity index (χ4n) is 1.88. The molecule has 0 aliphatic rings. The maximum absolute atomic E-state index is 9.92. The Hall–Kier alpha value is -2.29. The molecular formula is C16H18N2O3. The molecule has 110 valence electrons. The zero-order valence-corrected chi connectivity index (χ0v) is 11.8. The quantitative estimate of drug-likeness (QED) is 0.816. The third-order valence-corrected chi connectivity index (χ3v) is 3.07. The van der Waals surface area contributed by atoms with Crippen molar-refractivity contribution >= 4 is 0 Å². The summed E-state index contributed by atoms with van der Waals surface area (Å²) in [5, 5.41) is 22.0. The van der Waals surface area contributed by atoms with Crippen LogP contribution in [0.15, 0.2) is 47.1 Å². The van der Waals surface area contributed by atoms with Gasteiger partial charge in [-0.05, 0) is 31.2 Å². The van der Waals surface area contributed by atoms with Gasteiger partial charge in [-0.15, -0.1) is 0 Å². The Morgan fingerprint density at radius 2 is 2.14 bits per heavy atom. The Bertz CT molecular complexity index is 590. The van der Waals surface area contributed by atoms with Crippen molar-refractivity contribution in [3.8, 4) is 11.8 Å². The van der Waals surface area contributed by atoms with E-state index >= 15 is 0 Å². The van der Waals surface area contributed by atoms with E-state index in [-0.39, 0.29) is 12.6 Å². The molecule has 2 unspecified atom stereocenters. The van der Waals surface area contributed by atoms with E-state index in [4.69, 9.17) is 14.4 Å². The van der Waals surface area contributed by atoms with Gasteiger partial charge in [0.1, 0.15) is 30.3 Å². The van der Waals surface area contributed by atoms with Crippen molar-refractivity contribution in [3.63, 3.8) is 0 Å². The predicted octanol–water partition coefficient (Wildman–Crippen LogP) is 2.24. The van der Waals surface area contributed by atoms with Gasteiger partial charge < -0.3 is 19.6 Å². The van der Waals surface area contributed by atoms with Gasteiger partial charge >= 0.3 is 0 Å². The highest BCUT2D eigenvalue weighted by molar-refractivity contribution is 5.42. The highest BCUT2D eigenvalue weighted by atomic mass is 16.5. The Kier molecular flexibility index (Phi) is 5.38. The molecule has 2 aromatic rings. The summed E-state index contributed by atoms with van der Waals surface area (Å²) < 4.78 is 10.8. The van der Waals surface area contributed by atoms with Crippen molar-refractivity contribution in [2.45, 2.75) is 19.1 Å². The van der Waals surface area contributed by atoms with Gasteiger partial charge in [-0.1, -0.05) is 12.1 Å². The van der Waals surface area contributed by atoms with E-state index in [9.17, 15) is 5.11 Å². The largest absolute Gasteiger partial charge is 0.489 e. The number of furan rings is 1. The molecule has 0 saturated heterocycles. The van der Waals surface area contributed by atoms with E-state index in [0.29, 0.717) is 17.9 Å². The van der Waals surface area contributed by atoms with E-state index in [1.54, 1.807) is 30.5 Å². The van der Waals surface area contributed by atoms with Crippen molar-refractivity contribution in [3.05, 3.63) is 54.0 Å². The number of hydrogen-bond donors (Lipinski definition) is 2. The van der Waals surface area contributed by atoms with Crippen molar-refractivity contribution < 1.29 is 14.3 Å². The second-order valence-electron chi connectivity index (χ2n) is 4.72. The first-order valence-electron chi connectivity index (χ1n) is 6.77. The fraction of sp³-hybridized carbons (Fsp3) is 0.312. The van der Waals surface area contributed by atoms with Gasteiger partial charge in [-0.3, -0.25) is 0 Å². The van der Waals surface area contributed by atoms with E-state index in [0.717, 1.165) is 5.76 Å². The molecule has 1 heterocycles. The second kappa shape index (κ2) is 7.48. The fourth-order valence-corrected chi connectivity index (χ4v) is 1.88. The van der Waals surface area contributed by atoms with Crippen LogP contribution in [-0.4, -0.2) is 24.4 Å². The first kappa shape index (κ1) is 15.1.